The summed E-state index contributed by atoms with van der Waals surface area (Å²) >= 11 is 5.88. The average Bonchev–Trinajstić information content (AvgIpc) is 2.24. The number of hydrogen-bond donors (Lipinski definition) is 2. The van der Waals surface area contributed by atoms with E-state index in [0.717, 1.165) is 11.1 Å². The summed E-state index contributed by atoms with van der Waals surface area (Å²) in [4.78, 5) is 11.7. The molecule has 0 heterocycles. The molecule has 0 saturated heterocycles. The van der Waals surface area contributed by atoms with Gasteiger partial charge in [-0.05, 0) is 51.0 Å². The predicted octanol–water partition coefficient (Wildman–Crippen LogP) is 3.21. The monoisotopic (exact) mass is 285 g/mol. The molecule has 0 fully saturated rings. The van der Waals surface area contributed by atoms with Gasteiger partial charge in [-0.2, -0.15) is 0 Å². The molecule has 1 rings (SSSR count). The fourth-order valence-corrected chi connectivity index (χ4v) is 1.93. The lowest BCUT2D eigenvalue weighted by Gasteiger charge is -2.23. The van der Waals surface area contributed by atoms with Gasteiger partial charge in [0, 0.05) is 5.02 Å². The number of benzene rings is 1. The first kappa shape index (κ1) is 15.8. The van der Waals surface area contributed by atoms with Crippen molar-refractivity contribution in [1.29, 1.82) is 0 Å². The van der Waals surface area contributed by atoms with Gasteiger partial charge in [0.15, 0.2) is 0 Å². The SMILES string of the molecule is Cc1cc(Cl)ccc1[C@H](CO)NC(=O)OC(C)(C)C. The number of aliphatic hydroxyl groups is 1. The summed E-state index contributed by atoms with van der Waals surface area (Å²) in [5, 5.41) is 12.7. The number of rotatable bonds is 3. The van der Waals surface area contributed by atoms with Crippen molar-refractivity contribution in [3.05, 3.63) is 34.3 Å². The van der Waals surface area contributed by atoms with E-state index >= 15 is 0 Å². The lowest BCUT2D eigenvalue weighted by atomic mass is 10.0. The Kier molecular flexibility index (Phi) is 5.20. The second kappa shape index (κ2) is 6.26. The number of aliphatic hydroxyl groups excluding tert-OH is 1. The Bertz CT molecular complexity index is 454. The molecule has 5 heteroatoms. The molecule has 0 aromatic heterocycles. The van der Waals surface area contributed by atoms with Crippen LogP contribution in [0, 0.1) is 6.92 Å². The first-order valence-electron chi connectivity index (χ1n) is 6.09. The van der Waals surface area contributed by atoms with Gasteiger partial charge in [0.1, 0.15) is 5.60 Å². The van der Waals surface area contributed by atoms with Gasteiger partial charge in [-0.25, -0.2) is 4.79 Å². The molecule has 1 aromatic rings. The maximum Gasteiger partial charge on any atom is 0.408 e. The molecular weight excluding hydrogens is 266 g/mol. The molecule has 2 N–H and O–H groups in total. The molecule has 0 unspecified atom stereocenters. The molecule has 4 nitrogen and oxygen atoms in total. The van der Waals surface area contributed by atoms with E-state index in [1.165, 1.54) is 0 Å². The summed E-state index contributed by atoms with van der Waals surface area (Å²) in [5.41, 5.74) is 1.15. The maximum absolute atomic E-state index is 11.7. The number of hydrogen-bond acceptors (Lipinski definition) is 3. The van der Waals surface area contributed by atoms with Crippen LogP contribution in [0.1, 0.15) is 37.9 Å². The Morgan fingerprint density at radius 1 is 1.47 bits per heavy atom. The standard InChI is InChI=1S/C14H20ClNO3/c1-9-7-10(15)5-6-11(9)12(8-17)16-13(18)19-14(2,3)4/h5-7,12,17H,8H2,1-4H3,(H,16,18)/t12-/m0/s1. The molecule has 0 spiro atoms. The van der Waals surface area contributed by atoms with E-state index in [-0.39, 0.29) is 6.61 Å². The van der Waals surface area contributed by atoms with Gasteiger partial charge in [-0.15, -0.1) is 0 Å². The molecule has 0 bridgehead atoms. The number of carbonyl (C=O) groups excluding carboxylic acids is 1. The fourth-order valence-electron chi connectivity index (χ4n) is 1.70. The van der Waals surface area contributed by atoms with Crippen LogP contribution in [0.25, 0.3) is 0 Å². The highest BCUT2D eigenvalue weighted by Gasteiger charge is 2.21. The van der Waals surface area contributed by atoms with Gasteiger partial charge in [-0.3, -0.25) is 0 Å². The highest BCUT2D eigenvalue weighted by Crippen LogP contribution is 2.21. The Morgan fingerprint density at radius 2 is 2.11 bits per heavy atom. The number of carbonyl (C=O) groups is 1. The molecule has 1 aromatic carbocycles. The van der Waals surface area contributed by atoms with Gasteiger partial charge in [-0.1, -0.05) is 17.7 Å². The largest absolute Gasteiger partial charge is 0.444 e. The van der Waals surface area contributed by atoms with Crippen molar-refractivity contribution in [3.63, 3.8) is 0 Å². The summed E-state index contributed by atoms with van der Waals surface area (Å²) in [6, 6.07) is 4.79. The Hall–Kier alpha value is -1.26. The second-order valence-electron chi connectivity index (χ2n) is 5.38. The normalized spacial score (nSPS) is 12.9. The Morgan fingerprint density at radius 3 is 2.58 bits per heavy atom. The van der Waals surface area contributed by atoms with E-state index in [2.05, 4.69) is 5.32 Å². The van der Waals surface area contributed by atoms with Crippen LogP contribution in [0.15, 0.2) is 18.2 Å². The van der Waals surface area contributed by atoms with Crippen molar-refractivity contribution >= 4 is 17.7 Å². The zero-order chi connectivity index (χ0) is 14.6. The summed E-state index contributed by atoms with van der Waals surface area (Å²) in [7, 11) is 0. The molecule has 1 amide bonds. The van der Waals surface area contributed by atoms with Gasteiger partial charge >= 0.3 is 6.09 Å². The number of amides is 1. The van der Waals surface area contributed by atoms with Crippen LogP contribution in [0.4, 0.5) is 4.79 Å². The van der Waals surface area contributed by atoms with Crippen LogP contribution in [0.3, 0.4) is 0 Å². The van der Waals surface area contributed by atoms with Crippen molar-refractivity contribution in [1.82, 2.24) is 5.32 Å². The number of halogens is 1. The Balaban J connectivity index is 2.81. The molecule has 0 aliphatic rings. The molecule has 19 heavy (non-hydrogen) atoms. The third-order valence-corrected chi connectivity index (χ3v) is 2.72. The maximum atomic E-state index is 11.7. The van der Waals surface area contributed by atoms with Crippen LogP contribution in [0.5, 0.6) is 0 Å². The van der Waals surface area contributed by atoms with Crippen LogP contribution in [-0.2, 0) is 4.74 Å². The van der Waals surface area contributed by atoms with Crippen molar-refractivity contribution in [2.45, 2.75) is 39.3 Å². The first-order valence-corrected chi connectivity index (χ1v) is 6.47. The highest BCUT2D eigenvalue weighted by atomic mass is 35.5. The lowest BCUT2D eigenvalue weighted by molar-refractivity contribution is 0.0481. The molecule has 0 aliphatic heterocycles. The van der Waals surface area contributed by atoms with Crippen LogP contribution >= 0.6 is 11.6 Å². The van der Waals surface area contributed by atoms with Crippen molar-refractivity contribution in [2.24, 2.45) is 0 Å². The molecular formula is C14H20ClNO3. The minimum absolute atomic E-state index is 0.207. The molecule has 0 saturated carbocycles. The zero-order valence-corrected chi connectivity index (χ0v) is 12.4. The first-order chi connectivity index (χ1) is 8.73. The number of ether oxygens (including phenoxy) is 1. The number of nitrogens with one attached hydrogen (secondary N) is 1. The van der Waals surface area contributed by atoms with E-state index in [4.69, 9.17) is 16.3 Å². The lowest BCUT2D eigenvalue weighted by Crippen LogP contribution is -2.36. The summed E-state index contributed by atoms with van der Waals surface area (Å²) in [6.45, 7) is 7.03. The van der Waals surface area contributed by atoms with E-state index in [9.17, 15) is 9.90 Å². The second-order valence-corrected chi connectivity index (χ2v) is 5.82. The highest BCUT2D eigenvalue weighted by molar-refractivity contribution is 6.30. The summed E-state index contributed by atoms with van der Waals surface area (Å²) < 4.78 is 5.17. The van der Waals surface area contributed by atoms with E-state index in [1.54, 1.807) is 39.0 Å². The smallest absolute Gasteiger partial charge is 0.408 e. The van der Waals surface area contributed by atoms with Gasteiger partial charge in [0.25, 0.3) is 0 Å². The Labute approximate surface area is 118 Å². The van der Waals surface area contributed by atoms with Crippen molar-refractivity contribution in [3.8, 4) is 0 Å². The van der Waals surface area contributed by atoms with Crippen molar-refractivity contribution < 1.29 is 14.6 Å². The minimum atomic E-state index is -0.570. The summed E-state index contributed by atoms with van der Waals surface area (Å²) in [6.07, 6.45) is -0.555. The fraction of sp³-hybridized carbons (Fsp3) is 0.500. The number of alkyl carbamates (subject to hydrolysis) is 1. The predicted molar refractivity (Wildman–Crippen MR) is 75.4 cm³/mol. The molecule has 0 aliphatic carbocycles. The topological polar surface area (TPSA) is 58.6 Å². The van der Waals surface area contributed by atoms with E-state index < -0.39 is 17.7 Å². The molecule has 1 atom stereocenters. The van der Waals surface area contributed by atoms with Crippen LogP contribution < -0.4 is 5.32 Å². The van der Waals surface area contributed by atoms with Gasteiger partial charge in [0.2, 0.25) is 0 Å². The van der Waals surface area contributed by atoms with Crippen LogP contribution in [-0.4, -0.2) is 23.4 Å². The third-order valence-electron chi connectivity index (χ3n) is 2.48. The average molecular weight is 286 g/mol. The van der Waals surface area contributed by atoms with E-state index in [1.807, 2.05) is 6.92 Å². The van der Waals surface area contributed by atoms with E-state index in [0.29, 0.717) is 5.02 Å². The van der Waals surface area contributed by atoms with Crippen molar-refractivity contribution in [2.75, 3.05) is 6.61 Å². The third kappa shape index (κ3) is 5.09. The van der Waals surface area contributed by atoms with Gasteiger partial charge < -0.3 is 15.2 Å². The molecule has 0 radical (unpaired) electrons. The number of aryl methyl sites for hydroxylation is 1. The van der Waals surface area contributed by atoms with Crippen LogP contribution in [0.2, 0.25) is 5.02 Å². The minimum Gasteiger partial charge on any atom is -0.444 e. The molecule has 106 valence electrons. The summed E-state index contributed by atoms with van der Waals surface area (Å²) in [5.74, 6) is 0. The quantitative estimate of drug-likeness (QED) is 0.896. The van der Waals surface area contributed by atoms with Gasteiger partial charge in [0.05, 0.1) is 12.6 Å². The zero-order valence-electron chi connectivity index (χ0n) is 11.7.